The first-order chi connectivity index (χ1) is 9.97. The van der Waals surface area contributed by atoms with Crippen molar-refractivity contribution in [1.82, 2.24) is 15.2 Å². The lowest BCUT2D eigenvalue weighted by Gasteiger charge is -2.15. The Balaban J connectivity index is 1.81. The van der Waals surface area contributed by atoms with Crippen LogP contribution in [0.5, 0.6) is 0 Å². The molecule has 1 aromatic heterocycles. The van der Waals surface area contributed by atoms with Gasteiger partial charge in [-0.05, 0) is 24.8 Å². The third-order valence-corrected chi connectivity index (χ3v) is 4.51. The average molecular weight is 317 g/mol. The summed E-state index contributed by atoms with van der Waals surface area (Å²) in [6.07, 6.45) is -1.43. The highest BCUT2D eigenvalue weighted by Gasteiger charge is 2.25. The molecule has 0 spiro atoms. The fourth-order valence-electron chi connectivity index (χ4n) is 2.59. The van der Waals surface area contributed by atoms with E-state index < -0.39 is 6.43 Å². The van der Waals surface area contributed by atoms with E-state index in [4.69, 9.17) is 0 Å². The van der Waals surface area contributed by atoms with Crippen molar-refractivity contribution in [3.8, 4) is 0 Å². The molecule has 1 atom stereocenters. The van der Waals surface area contributed by atoms with Crippen molar-refractivity contribution in [2.75, 3.05) is 26.2 Å². The van der Waals surface area contributed by atoms with Gasteiger partial charge >= 0.3 is 0 Å². The molecule has 2 heterocycles. The fraction of sp³-hybridized carbons (Fsp3) is 0.714. The minimum atomic E-state index is -2.29. The molecule has 7 heteroatoms. The van der Waals surface area contributed by atoms with Gasteiger partial charge in [-0.15, -0.1) is 11.3 Å². The summed E-state index contributed by atoms with van der Waals surface area (Å²) in [7, 11) is 0. The number of rotatable bonds is 6. The zero-order chi connectivity index (χ0) is 15.4. The van der Waals surface area contributed by atoms with E-state index in [0.29, 0.717) is 24.5 Å². The molecule has 4 nitrogen and oxygen atoms in total. The number of hydrogen-bond donors (Lipinski definition) is 1. The largest absolute Gasteiger partial charge is 0.351 e. The van der Waals surface area contributed by atoms with Crippen molar-refractivity contribution < 1.29 is 13.6 Å². The van der Waals surface area contributed by atoms with E-state index in [1.54, 1.807) is 10.4 Å². The van der Waals surface area contributed by atoms with E-state index in [-0.39, 0.29) is 24.3 Å². The Morgan fingerprint density at radius 1 is 1.57 bits per heavy atom. The van der Waals surface area contributed by atoms with E-state index in [1.807, 2.05) is 13.8 Å². The maximum absolute atomic E-state index is 12.3. The molecule has 0 saturated carbocycles. The lowest BCUT2D eigenvalue weighted by molar-refractivity contribution is 0.0930. The summed E-state index contributed by atoms with van der Waals surface area (Å²) in [6.45, 7) is 5.69. The van der Waals surface area contributed by atoms with Gasteiger partial charge in [0.1, 0.15) is 4.88 Å². The molecule has 0 radical (unpaired) electrons. The SMILES string of the molecule is CC(C)c1ncsc1C(=O)NCC1CCN(CC(F)F)C1. The Kier molecular flexibility index (Phi) is 5.64. The first kappa shape index (κ1) is 16.3. The number of hydrogen-bond acceptors (Lipinski definition) is 4. The summed E-state index contributed by atoms with van der Waals surface area (Å²) < 4.78 is 24.6. The molecule has 2 rings (SSSR count). The molecule has 1 aliphatic heterocycles. The summed E-state index contributed by atoms with van der Waals surface area (Å²) in [6, 6.07) is 0. The van der Waals surface area contributed by atoms with Gasteiger partial charge in [0.05, 0.1) is 17.7 Å². The second-order valence-corrected chi connectivity index (χ2v) is 6.59. The second-order valence-electron chi connectivity index (χ2n) is 5.74. The predicted molar refractivity (Wildman–Crippen MR) is 79.1 cm³/mol. The highest BCUT2D eigenvalue weighted by Crippen LogP contribution is 2.22. The number of carbonyl (C=O) groups is 1. The summed E-state index contributed by atoms with van der Waals surface area (Å²) in [5.74, 6) is 0.363. The van der Waals surface area contributed by atoms with Crippen molar-refractivity contribution in [2.45, 2.75) is 32.6 Å². The van der Waals surface area contributed by atoms with Crippen LogP contribution in [0.2, 0.25) is 0 Å². The molecular formula is C14H21F2N3OS. The first-order valence-electron chi connectivity index (χ1n) is 7.19. The van der Waals surface area contributed by atoms with Gasteiger partial charge < -0.3 is 5.32 Å². The van der Waals surface area contributed by atoms with Crippen LogP contribution in [0.15, 0.2) is 5.51 Å². The van der Waals surface area contributed by atoms with E-state index in [0.717, 1.165) is 12.1 Å². The number of thiazole rings is 1. The van der Waals surface area contributed by atoms with Crippen LogP contribution in [-0.2, 0) is 0 Å². The molecule has 1 unspecified atom stereocenters. The van der Waals surface area contributed by atoms with Crippen LogP contribution in [0.25, 0.3) is 0 Å². The predicted octanol–water partition coefficient (Wildman–Crippen LogP) is 2.58. The molecule has 1 aromatic rings. The molecular weight excluding hydrogens is 296 g/mol. The molecule has 0 aliphatic carbocycles. The number of likely N-dealkylation sites (tertiary alicyclic amines) is 1. The first-order valence-corrected chi connectivity index (χ1v) is 8.07. The van der Waals surface area contributed by atoms with Crippen molar-refractivity contribution in [3.05, 3.63) is 16.1 Å². The van der Waals surface area contributed by atoms with Crippen molar-refractivity contribution >= 4 is 17.2 Å². The third kappa shape index (κ3) is 4.44. The average Bonchev–Trinajstić information content (AvgIpc) is 3.03. The number of aromatic nitrogens is 1. The van der Waals surface area contributed by atoms with E-state index in [1.165, 1.54) is 11.3 Å². The normalized spacial score (nSPS) is 19.6. The smallest absolute Gasteiger partial charge is 0.263 e. The van der Waals surface area contributed by atoms with E-state index >= 15 is 0 Å². The third-order valence-electron chi connectivity index (χ3n) is 3.67. The standard InChI is InChI=1S/C14H21F2N3OS/c1-9(2)12-13(21-8-18-12)14(20)17-5-10-3-4-19(6-10)7-11(15)16/h8-11H,3-7H2,1-2H3,(H,17,20). The number of amides is 1. The highest BCUT2D eigenvalue weighted by atomic mass is 32.1. The van der Waals surface area contributed by atoms with Gasteiger partial charge in [-0.3, -0.25) is 9.69 Å². The Hall–Kier alpha value is -1.08. The molecule has 1 N–H and O–H groups in total. The van der Waals surface area contributed by atoms with Gasteiger partial charge in [0.25, 0.3) is 12.3 Å². The van der Waals surface area contributed by atoms with Crippen LogP contribution in [0, 0.1) is 5.92 Å². The Labute approximate surface area is 127 Å². The number of halogens is 2. The minimum absolute atomic E-state index is 0.103. The van der Waals surface area contributed by atoms with E-state index in [2.05, 4.69) is 10.3 Å². The molecule has 1 saturated heterocycles. The summed E-state index contributed by atoms with van der Waals surface area (Å²) in [5.41, 5.74) is 2.51. The maximum atomic E-state index is 12.3. The molecule has 1 amide bonds. The zero-order valence-electron chi connectivity index (χ0n) is 12.3. The fourth-order valence-corrected chi connectivity index (χ4v) is 3.45. The lowest BCUT2D eigenvalue weighted by atomic mass is 10.1. The van der Waals surface area contributed by atoms with Gasteiger partial charge in [0, 0.05) is 13.1 Å². The lowest BCUT2D eigenvalue weighted by Crippen LogP contribution is -2.32. The molecule has 21 heavy (non-hydrogen) atoms. The molecule has 0 aromatic carbocycles. The van der Waals surface area contributed by atoms with Gasteiger partial charge in [0.15, 0.2) is 0 Å². The number of alkyl halides is 2. The maximum Gasteiger partial charge on any atom is 0.263 e. The minimum Gasteiger partial charge on any atom is -0.351 e. The topological polar surface area (TPSA) is 45.2 Å². The van der Waals surface area contributed by atoms with Crippen molar-refractivity contribution in [1.29, 1.82) is 0 Å². The Bertz CT molecular complexity index is 479. The van der Waals surface area contributed by atoms with Crippen LogP contribution < -0.4 is 5.32 Å². The quantitative estimate of drug-likeness (QED) is 0.877. The number of carbonyl (C=O) groups excluding carboxylic acids is 1. The van der Waals surface area contributed by atoms with Crippen LogP contribution in [-0.4, -0.2) is 48.4 Å². The molecule has 1 aliphatic rings. The van der Waals surface area contributed by atoms with Crippen LogP contribution in [0.4, 0.5) is 8.78 Å². The Morgan fingerprint density at radius 3 is 3.00 bits per heavy atom. The van der Waals surface area contributed by atoms with Gasteiger partial charge in [-0.1, -0.05) is 13.8 Å². The molecule has 118 valence electrons. The number of nitrogens with one attached hydrogen (secondary N) is 1. The van der Waals surface area contributed by atoms with Crippen molar-refractivity contribution in [2.24, 2.45) is 5.92 Å². The zero-order valence-corrected chi connectivity index (χ0v) is 13.1. The molecule has 0 bridgehead atoms. The molecule has 1 fully saturated rings. The highest BCUT2D eigenvalue weighted by molar-refractivity contribution is 7.11. The van der Waals surface area contributed by atoms with Crippen molar-refractivity contribution in [3.63, 3.8) is 0 Å². The van der Waals surface area contributed by atoms with Crippen LogP contribution in [0.3, 0.4) is 0 Å². The van der Waals surface area contributed by atoms with Gasteiger partial charge in [-0.25, -0.2) is 13.8 Å². The van der Waals surface area contributed by atoms with Gasteiger partial charge in [0.2, 0.25) is 0 Å². The summed E-state index contributed by atoms with van der Waals surface area (Å²) in [4.78, 5) is 18.8. The monoisotopic (exact) mass is 317 g/mol. The van der Waals surface area contributed by atoms with Gasteiger partial charge in [-0.2, -0.15) is 0 Å². The van der Waals surface area contributed by atoms with Crippen LogP contribution in [0.1, 0.15) is 41.6 Å². The van der Waals surface area contributed by atoms with E-state index in [9.17, 15) is 13.6 Å². The van der Waals surface area contributed by atoms with Crippen LogP contribution >= 0.6 is 11.3 Å². The summed E-state index contributed by atoms with van der Waals surface area (Å²) in [5, 5.41) is 2.91. The second kappa shape index (κ2) is 7.26. The Morgan fingerprint density at radius 2 is 2.33 bits per heavy atom. The summed E-state index contributed by atoms with van der Waals surface area (Å²) >= 11 is 1.34. The number of nitrogens with zero attached hydrogens (tertiary/aromatic N) is 2.